The second-order valence-corrected chi connectivity index (χ2v) is 11.9. The standard InChI is InChI=1S/C28H23F3N4O3S/c29-20-4-6-21(7-5-20)35-26-13-19-10-12-34(39(37,38)22-8-9-23(30)24(31)14-22)17-28(19,15-18(26)16-33-35)27(36)25-3-1-2-11-32-25/h1-9,11,14,16,19H,10,12-13,15,17H2/t19-,28-/m0/s1. The van der Waals surface area contributed by atoms with Gasteiger partial charge in [0, 0.05) is 25.0 Å². The normalized spacial score (nSPS) is 21.3. The highest BCUT2D eigenvalue weighted by Crippen LogP contribution is 2.48. The smallest absolute Gasteiger partial charge is 0.243 e. The third-order valence-corrected chi connectivity index (χ3v) is 9.66. The van der Waals surface area contributed by atoms with Crippen molar-refractivity contribution in [3.05, 3.63) is 107 Å². The molecule has 4 aromatic rings. The molecule has 200 valence electrons. The molecule has 39 heavy (non-hydrogen) atoms. The number of carbonyl (C=O) groups excluding carboxylic acids is 1. The molecule has 0 spiro atoms. The number of pyridine rings is 1. The molecule has 1 saturated heterocycles. The molecule has 2 aromatic heterocycles. The van der Waals surface area contributed by atoms with Crippen molar-refractivity contribution in [1.82, 2.24) is 19.1 Å². The second kappa shape index (κ2) is 9.42. The molecule has 2 aromatic carbocycles. The Kier molecular flexibility index (Phi) is 6.15. The van der Waals surface area contributed by atoms with Crippen LogP contribution in [0.1, 0.15) is 28.2 Å². The van der Waals surface area contributed by atoms with Crippen LogP contribution in [0, 0.1) is 28.8 Å². The molecule has 1 fully saturated rings. The van der Waals surface area contributed by atoms with Crippen molar-refractivity contribution in [2.75, 3.05) is 13.1 Å². The number of Topliss-reactive ketones (excluding diaryl/α,β-unsaturated/α-hetero) is 1. The van der Waals surface area contributed by atoms with E-state index in [1.165, 1.54) is 22.6 Å². The summed E-state index contributed by atoms with van der Waals surface area (Å²) >= 11 is 0. The zero-order valence-electron chi connectivity index (χ0n) is 20.6. The minimum Gasteiger partial charge on any atom is -0.292 e. The van der Waals surface area contributed by atoms with Gasteiger partial charge < -0.3 is 0 Å². The van der Waals surface area contributed by atoms with E-state index in [4.69, 9.17) is 0 Å². The van der Waals surface area contributed by atoms with Gasteiger partial charge in [0.15, 0.2) is 17.4 Å². The van der Waals surface area contributed by atoms with E-state index in [1.807, 2.05) is 0 Å². The maximum atomic E-state index is 14.1. The van der Waals surface area contributed by atoms with E-state index in [-0.39, 0.29) is 47.6 Å². The molecule has 6 rings (SSSR count). The maximum absolute atomic E-state index is 14.1. The van der Waals surface area contributed by atoms with Crippen LogP contribution in [-0.4, -0.2) is 46.4 Å². The zero-order valence-corrected chi connectivity index (χ0v) is 21.4. The van der Waals surface area contributed by atoms with Crippen LogP contribution in [0.15, 0.2) is 78.0 Å². The predicted molar refractivity (Wildman–Crippen MR) is 135 cm³/mol. The Labute approximate surface area is 223 Å². The number of benzene rings is 2. The first-order chi connectivity index (χ1) is 18.7. The Balaban J connectivity index is 1.42. The average Bonchev–Trinajstić information content (AvgIpc) is 3.35. The number of nitrogens with zero attached hydrogens (tertiary/aromatic N) is 4. The summed E-state index contributed by atoms with van der Waals surface area (Å²) in [6.07, 6.45) is 4.19. The van der Waals surface area contributed by atoms with Crippen LogP contribution in [0.5, 0.6) is 0 Å². The van der Waals surface area contributed by atoms with Crippen LogP contribution in [0.3, 0.4) is 0 Å². The number of fused-ring (bicyclic) bond motifs is 2. The number of rotatable bonds is 5. The molecule has 0 amide bonds. The molecule has 11 heteroatoms. The topological polar surface area (TPSA) is 85.2 Å². The van der Waals surface area contributed by atoms with Gasteiger partial charge in [0.1, 0.15) is 11.5 Å². The molecule has 2 atom stereocenters. The summed E-state index contributed by atoms with van der Waals surface area (Å²) in [5, 5.41) is 4.51. The largest absolute Gasteiger partial charge is 0.292 e. The molecule has 0 radical (unpaired) electrons. The number of aromatic nitrogens is 3. The molecule has 2 aliphatic rings. The summed E-state index contributed by atoms with van der Waals surface area (Å²) in [4.78, 5) is 18.0. The summed E-state index contributed by atoms with van der Waals surface area (Å²) in [5.74, 6) is -3.30. The SMILES string of the molecule is O=C(c1ccccn1)[C@]12Cc3cnn(-c4ccc(F)cc4)c3C[C@@H]1CCN(S(=O)(=O)c1ccc(F)c(F)c1)C2. The van der Waals surface area contributed by atoms with E-state index in [9.17, 15) is 26.4 Å². The highest BCUT2D eigenvalue weighted by atomic mass is 32.2. The fraction of sp³-hybridized carbons (Fsp3) is 0.250. The lowest BCUT2D eigenvalue weighted by Gasteiger charge is -2.49. The molecule has 0 saturated carbocycles. The maximum Gasteiger partial charge on any atom is 0.243 e. The highest BCUT2D eigenvalue weighted by Gasteiger charge is 2.54. The Bertz CT molecular complexity index is 1680. The fourth-order valence-corrected chi connectivity index (χ4v) is 7.37. The van der Waals surface area contributed by atoms with Gasteiger partial charge >= 0.3 is 0 Å². The lowest BCUT2D eigenvalue weighted by atomic mass is 9.60. The third-order valence-electron chi connectivity index (χ3n) is 7.82. The van der Waals surface area contributed by atoms with Crippen LogP contribution in [0.2, 0.25) is 0 Å². The molecule has 3 heterocycles. The molecule has 0 N–H and O–H groups in total. The van der Waals surface area contributed by atoms with Gasteiger partial charge in [-0.3, -0.25) is 9.78 Å². The average molecular weight is 553 g/mol. The van der Waals surface area contributed by atoms with Gasteiger partial charge in [-0.1, -0.05) is 6.07 Å². The number of carbonyl (C=O) groups is 1. The third kappa shape index (κ3) is 4.25. The van der Waals surface area contributed by atoms with Crippen molar-refractivity contribution >= 4 is 15.8 Å². The molecular weight excluding hydrogens is 529 g/mol. The number of hydrogen-bond acceptors (Lipinski definition) is 5. The van der Waals surface area contributed by atoms with Gasteiger partial charge in [0.25, 0.3) is 0 Å². The van der Waals surface area contributed by atoms with Crippen LogP contribution in [0.25, 0.3) is 5.69 Å². The summed E-state index contributed by atoms with van der Waals surface area (Å²) < 4.78 is 71.0. The first kappa shape index (κ1) is 25.4. The Morgan fingerprint density at radius 3 is 2.51 bits per heavy atom. The number of hydrogen-bond donors (Lipinski definition) is 0. The first-order valence-corrected chi connectivity index (χ1v) is 13.9. The van der Waals surface area contributed by atoms with Gasteiger partial charge in [-0.05, 0) is 85.3 Å². The minimum atomic E-state index is -4.23. The van der Waals surface area contributed by atoms with Crippen molar-refractivity contribution in [2.24, 2.45) is 11.3 Å². The van der Waals surface area contributed by atoms with Crippen molar-refractivity contribution in [3.8, 4) is 5.69 Å². The number of piperidine rings is 1. The summed E-state index contributed by atoms with van der Waals surface area (Å²) in [5.41, 5.74) is 1.42. The van der Waals surface area contributed by atoms with E-state index < -0.39 is 27.1 Å². The minimum absolute atomic E-state index is 0.100. The zero-order chi connectivity index (χ0) is 27.4. The van der Waals surface area contributed by atoms with Gasteiger partial charge in [0.2, 0.25) is 10.0 Å². The Hall–Kier alpha value is -3.83. The molecule has 1 aliphatic heterocycles. The van der Waals surface area contributed by atoms with Gasteiger partial charge in [-0.2, -0.15) is 9.40 Å². The van der Waals surface area contributed by atoms with Crippen molar-refractivity contribution in [1.29, 1.82) is 0 Å². The Morgan fingerprint density at radius 2 is 1.79 bits per heavy atom. The second-order valence-electron chi connectivity index (χ2n) is 9.99. The van der Waals surface area contributed by atoms with E-state index in [0.29, 0.717) is 24.6 Å². The quantitative estimate of drug-likeness (QED) is 0.344. The van der Waals surface area contributed by atoms with Crippen LogP contribution >= 0.6 is 0 Å². The van der Waals surface area contributed by atoms with Gasteiger partial charge in [0.05, 0.1) is 22.2 Å². The number of ketones is 1. The van der Waals surface area contributed by atoms with E-state index in [0.717, 1.165) is 23.4 Å². The van der Waals surface area contributed by atoms with Crippen LogP contribution in [-0.2, 0) is 22.9 Å². The predicted octanol–water partition coefficient (Wildman–Crippen LogP) is 4.36. The van der Waals surface area contributed by atoms with Crippen molar-refractivity contribution in [2.45, 2.75) is 24.2 Å². The van der Waals surface area contributed by atoms with Gasteiger partial charge in [-0.15, -0.1) is 0 Å². The molecule has 0 bridgehead atoms. The molecule has 0 unspecified atom stereocenters. The van der Waals surface area contributed by atoms with Crippen LogP contribution in [0.4, 0.5) is 13.2 Å². The van der Waals surface area contributed by atoms with E-state index in [2.05, 4.69) is 10.1 Å². The fourth-order valence-electron chi connectivity index (χ4n) is 5.83. The van der Waals surface area contributed by atoms with Crippen molar-refractivity contribution in [3.63, 3.8) is 0 Å². The monoisotopic (exact) mass is 552 g/mol. The molecule has 7 nitrogen and oxygen atoms in total. The number of halogens is 3. The number of sulfonamides is 1. The van der Waals surface area contributed by atoms with E-state index >= 15 is 0 Å². The lowest BCUT2D eigenvalue weighted by molar-refractivity contribution is 0.0394. The highest BCUT2D eigenvalue weighted by molar-refractivity contribution is 7.89. The van der Waals surface area contributed by atoms with Gasteiger partial charge in [-0.25, -0.2) is 26.3 Å². The van der Waals surface area contributed by atoms with Crippen molar-refractivity contribution < 1.29 is 26.4 Å². The molecular formula is C28H23F3N4O3S. The van der Waals surface area contributed by atoms with Crippen LogP contribution < -0.4 is 0 Å². The van der Waals surface area contributed by atoms with E-state index in [1.54, 1.807) is 41.2 Å². The summed E-state index contributed by atoms with van der Waals surface area (Å²) in [6, 6.07) is 13.4. The first-order valence-electron chi connectivity index (χ1n) is 12.4. The molecule has 1 aliphatic carbocycles. The summed E-state index contributed by atoms with van der Waals surface area (Å²) in [7, 11) is -4.23. The lowest BCUT2D eigenvalue weighted by Crippen LogP contribution is -2.57. The summed E-state index contributed by atoms with van der Waals surface area (Å²) in [6.45, 7) is -0.0428. The Morgan fingerprint density at radius 1 is 1.00 bits per heavy atom.